The summed E-state index contributed by atoms with van der Waals surface area (Å²) >= 11 is 0. The minimum Gasteiger partial charge on any atom is -0.462 e. The molecule has 5 aliphatic rings. The van der Waals surface area contributed by atoms with Crippen molar-refractivity contribution in [1.29, 1.82) is 0 Å². The van der Waals surface area contributed by atoms with Gasteiger partial charge in [0.05, 0.1) is 0 Å². The summed E-state index contributed by atoms with van der Waals surface area (Å²) in [6, 6.07) is 0. The van der Waals surface area contributed by atoms with Crippen molar-refractivity contribution in [3.63, 3.8) is 0 Å². The van der Waals surface area contributed by atoms with E-state index in [0.717, 1.165) is 63.7 Å². The van der Waals surface area contributed by atoms with Crippen LogP contribution in [0.25, 0.3) is 0 Å². The summed E-state index contributed by atoms with van der Waals surface area (Å²) in [7, 11) is 0. The van der Waals surface area contributed by atoms with Crippen molar-refractivity contribution < 1.29 is 14.6 Å². The number of rotatable bonds is 4. The van der Waals surface area contributed by atoms with E-state index >= 15 is 0 Å². The van der Waals surface area contributed by atoms with Gasteiger partial charge in [-0.05, 0) is 80.5 Å². The highest BCUT2D eigenvalue weighted by molar-refractivity contribution is 5.69. The van der Waals surface area contributed by atoms with Crippen molar-refractivity contribution in [2.24, 2.45) is 34.5 Å². The van der Waals surface area contributed by atoms with E-state index in [1.54, 1.807) is 0 Å². The largest absolute Gasteiger partial charge is 0.462 e. The van der Waals surface area contributed by atoms with Gasteiger partial charge in [-0.15, -0.1) is 6.42 Å². The molecule has 182 valence electrons. The van der Waals surface area contributed by atoms with Crippen LogP contribution in [0, 0.1) is 46.8 Å². The predicted octanol–water partition coefficient (Wildman–Crippen LogP) is 6.59. The molecular formula is C30H44O3. The zero-order chi connectivity index (χ0) is 23.3. The van der Waals surface area contributed by atoms with E-state index < -0.39 is 5.60 Å². The number of terminal acetylenes is 1. The monoisotopic (exact) mass is 452 g/mol. The quantitative estimate of drug-likeness (QED) is 0.297. The van der Waals surface area contributed by atoms with Gasteiger partial charge in [-0.3, -0.25) is 4.79 Å². The Balaban J connectivity index is 1.22. The molecule has 0 amide bonds. The van der Waals surface area contributed by atoms with Crippen molar-refractivity contribution in [2.45, 2.75) is 122 Å². The van der Waals surface area contributed by atoms with E-state index in [1.807, 2.05) is 0 Å². The molecule has 0 bridgehead atoms. The molecule has 3 nitrogen and oxygen atoms in total. The Bertz CT molecular complexity index is 832. The number of fused-ring (bicyclic) bond motifs is 5. The fourth-order valence-electron chi connectivity index (χ4n) is 9.02. The van der Waals surface area contributed by atoms with Crippen molar-refractivity contribution in [2.75, 3.05) is 0 Å². The molecule has 0 radical (unpaired) electrons. The van der Waals surface area contributed by atoms with Gasteiger partial charge in [0.2, 0.25) is 0 Å². The number of hydrogen-bond donors (Lipinski definition) is 1. The maximum absolute atomic E-state index is 12.6. The molecule has 0 aromatic heterocycles. The first-order chi connectivity index (χ1) is 15.8. The molecule has 4 fully saturated rings. The third kappa shape index (κ3) is 3.89. The normalized spacial score (nSPS) is 45.2. The Hall–Kier alpha value is -1.27. The van der Waals surface area contributed by atoms with Gasteiger partial charge < -0.3 is 9.84 Å². The molecule has 7 atom stereocenters. The van der Waals surface area contributed by atoms with E-state index in [1.165, 1.54) is 37.7 Å². The summed E-state index contributed by atoms with van der Waals surface area (Å²) < 4.78 is 6.00. The second-order valence-corrected chi connectivity index (χ2v) is 12.7. The SMILES string of the molecule is C#C[C@@]1(O)CC[C@H]2[C@@H]3CC=C4C[C@H](OC(=O)CCC5CCCCC5)CC[C@]4(C)[C@H]3CC[C@@]21C. The second-order valence-electron chi connectivity index (χ2n) is 12.7. The Kier molecular flexibility index (Phi) is 6.22. The lowest BCUT2D eigenvalue weighted by molar-refractivity contribution is -0.152. The highest BCUT2D eigenvalue weighted by Gasteiger charge is 2.63. The van der Waals surface area contributed by atoms with Crippen molar-refractivity contribution in [3.05, 3.63) is 11.6 Å². The van der Waals surface area contributed by atoms with Gasteiger partial charge in [-0.1, -0.05) is 63.5 Å². The molecule has 0 saturated heterocycles. The fraction of sp³-hybridized carbons (Fsp3) is 0.833. The molecule has 3 heteroatoms. The van der Waals surface area contributed by atoms with Crippen LogP contribution in [0.3, 0.4) is 0 Å². The maximum atomic E-state index is 12.6. The summed E-state index contributed by atoms with van der Waals surface area (Å²) in [5, 5.41) is 11.2. The summed E-state index contributed by atoms with van der Waals surface area (Å²) in [4.78, 5) is 12.6. The van der Waals surface area contributed by atoms with Crippen LogP contribution in [0.2, 0.25) is 0 Å². The first kappa shape index (κ1) is 23.5. The molecule has 0 aliphatic heterocycles. The number of ether oxygens (including phenoxy) is 1. The van der Waals surface area contributed by atoms with Gasteiger partial charge in [-0.25, -0.2) is 0 Å². The summed E-state index contributed by atoms with van der Waals surface area (Å²) in [6.07, 6.45) is 24.7. The van der Waals surface area contributed by atoms with Gasteiger partial charge in [0.25, 0.3) is 0 Å². The molecular weight excluding hydrogens is 408 g/mol. The topological polar surface area (TPSA) is 46.5 Å². The molecule has 4 saturated carbocycles. The third-order valence-corrected chi connectivity index (χ3v) is 11.2. The van der Waals surface area contributed by atoms with E-state index in [0.29, 0.717) is 24.2 Å². The minimum absolute atomic E-state index is 0.0245. The fourth-order valence-corrected chi connectivity index (χ4v) is 9.02. The van der Waals surface area contributed by atoms with Crippen LogP contribution in [0.4, 0.5) is 0 Å². The molecule has 0 spiro atoms. The van der Waals surface area contributed by atoms with Crippen molar-refractivity contribution in [1.82, 2.24) is 0 Å². The smallest absolute Gasteiger partial charge is 0.306 e. The Morgan fingerprint density at radius 3 is 2.61 bits per heavy atom. The van der Waals surface area contributed by atoms with Crippen molar-refractivity contribution in [3.8, 4) is 12.3 Å². The van der Waals surface area contributed by atoms with Crippen LogP contribution < -0.4 is 0 Å². The van der Waals surface area contributed by atoms with Crippen LogP contribution in [-0.2, 0) is 9.53 Å². The summed E-state index contributed by atoms with van der Waals surface area (Å²) in [6.45, 7) is 4.73. The number of allylic oxidation sites excluding steroid dienone is 1. The standard InChI is InChI=1S/C30H44O3/c1-4-30(32)19-16-26-24-12-11-22-20-23(33-27(31)13-10-21-8-6-5-7-9-21)14-17-28(22,2)25(24)15-18-29(26,30)3/h1,11,21,23-26,32H,5-10,12-20H2,2-3H3/t23-,24-,25+,26+,28+,29+,30-/m1/s1. The van der Waals surface area contributed by atoms with Crippen LogP contribution in [-0.4, -0.2) is 22.8 Å². The number of carbonyl (C=O) groups is 1. The maximum Gasteiger partial charge on any atom is 0.306 e. The van der Waals surface area contributed by atoms with Crippen molar-refractivity contribution >= 4 is 5.97 Å². The van der Waals surface area contributed by atoms with Crippen LogP contribution in [0.1, 0.15) is 110 Å². The molecule has 0 aromatic carbocycles. The molecule has 0 heterocycles. The molecule has 1 N–H and O–H groups in total. The van der Waals surface area contributed by atoms with Crippen LogP contribution >= 0.6 is 0 Å². The molecule has 33 heavy (non-hydrogen) atoms. The zero-order valence-electron chi connectivity index (χ0n) is 20.9. The Morgan fingerprint density at radius 2 is 1.85 bits per heavy atom. The molecule has 5 rings (SSSR count). The van der Waals surface area contributed by atoms with E-state index in [4.69, 9.17) is 11.2 Å². The van der Waals surface area contributed by atoms with Gasteiger partial charge in [-0.2, -0.15) is 0 Å². The predicted molar refractivity (Wildman–Crippen MR) is 131 cm³/mol. The zero-order valence-corrected chi connectivity index (χ0v) is 20.9. The van der Waals surface area contributed by atoms with E-state index in [-0.39, 0.29) is 22.9 Å². The third-order valence-electron chi connectivity index (χ3n) is 11.2. The van der Waals surface area contributed by atoms with E-state index in [9.17, 15) is 9.90 Å². The summed E-state index contributed by atoms with van der Waals surface area (Å²) in [5.41, 5.74) is 0.674. The lowest BCUT2D eigenvalue weighted by Gasteiger charge is -2.58. The number of aliphatic hydroxyl groups is 1. The number of esters is 1. The highest BCUT2D eigenvalue weighted by Crippen LogP contribution is 2.67. The van der Waals surface area contributed by atoms with Gasteiger partial charge >= 0.3 is 5.97 Å². The van der Waals surface area contributed by atoms with Gasteiger partial charge in [0, 0.05) is 18.3 Å². The average Bonchev–Trinajstić information content (AvgIpc) is 3.10. The highest BCUT2D eigenvalue weighted by atomic mass is 16.5. The lowest BCUT2D eigenvalue weighted by Crippen LogP contribution is -2.54. The number of hydrogen-bond acceptors (Lipinski definition) is 3. The first-order valence-electron chi connectivity index (χ1n) is 13.9. The van der Waals surface area contributed by atoms with Gasteiger partial charge in [0.1, 0.15) is 11.7 Å². The Morgan fingerprint density at radius 1 is 1.09 bits per heavy atom. The molecule has 5 aliphatic carbocycles. The first-order valence-corrected chi connectivity index (χ1v) is 13.9. The van der Waals surface area contributed by atoms with Crippen LogP contribution in [0.15, 0.2) is 11.6 Å². The molecule has 0 unspecified atom stereocenters. The lowest BCUT2D eigenvalue weighted by atomic mass is 9.47. The number of carbonyl (C=O) groups excluding carboxylic acids is 1. The van der Waals surface area contributed by atoms with Crippen LogP contribution in [0.5, 0.6) is 0 Å². The Labute approximate surface area is 201 Å². The second kappa shape index (κ2) is 8.75. The van der Waals surface area contributed by atoms with Gasteiger partial charge in [0.15, 0.2) is 0 Å². The summed E-state index contributed by atoms with van der Waals surface area (Å²) in [5.74, 6) is 5.35. The molecule has 0 aromatic rings. The average molecular weight is 453 g/mol. The minimum atomic E-state index is -0.934. The van der Waals surface area contributed by atoms with E-state index in [2.05, 4.69) is 25.8 Å².